The fourth-order valence-corrected chi connectivity index (χ4v) is 2.93. The zero-order chi connectivity index (χ0) is 20.3. The van der Waals surface area contributed by atoms with Crippen molar-refractivity contribution in [2.24, 2.45) is 0 Å². The predicted octanol–water partition coefficient (Wildman–Crippen LogP) is 4.83. The summed E-state index contributed by atoms with van der Waals surface area (Å²) in [4.78, 5) is 8.52. The lowest BCUT2D eigenvalue weighted by molar-refractivity contribution is 0.396. The molecule has 0 bridgehead atoms. The number of methoxy groups -OCH3 is 2. The summed E-state index contributed by atoms with van der Waals surface area (Å²) in [6.45, 7) is 4.09. The van der Waals surface area contributed by atoms with Gasteiger partial charge in [0.25, 0.3) is 0 Å². The molecule has 0 fully saturated rings. The third-order valence-corrected chi connectivity index (χ3v) is 4.76. The van der Waals surface area contributed by atoms with Gasteiger partial charge >= 0.3 is 0 Å². The molecular weight excluding hydrogens is 378 g/mol. The molecule has 0 aliphatic carbocycles. The highest BCUT2D eigenvalue weighted by atomic mass is 35.5. The topological polar surface area (TPSA) is 94.3 Å². The molecule has 3 rings (SSSR count). The number of nitrogens with two attached hydrogens (primary N) is 1. The Labute approximate surface area is 168 Å². The Morgan fingerprint density at radius 2 is 1.57 bits per heavy atom. The molecule has 0 spiro atoms. The van der Waals surface area contributed by atoms with Crippen LogP contribution in [0.5, 0.6) is 11.5 Å². The lowest BCUT2D eigenvalue weighted by Gasteiger charge is -2.16. The Morgan fingerprint density at radius 1 is 0.929 bits per heavy atom. The van der Waals surface area contributed by atoms with Crippen LogP contribution in [-0.4, -0.2) is 24.2 Å². The summed E-state index contributed by atoms with van der Waals surface area (Å²) in [5.74, 6) is 1.99. The van der Waals surface area contributed by atoms with E-state index in [2.05, 4.69) is 33.6 Å². The number of aromatic nitrogens is 2. The number of ether oxygens (including phenoxy) is 2. The summed E-state index contributed by atoms with van der Waals surface area (Å²) in [5.41, 5.74) is 10.5. The third kappa shape index (κ3) is 3.89. The Kier molecular flexibility index (Phi) is 5.75. The highest BCUT2D eigenvalue weighted by Gasteiger charge is 2.14. The fourth-order valence-electron chi connectivity index (χ4n) is 2.69. The van der Waals surface area contributed by atoms with Crippen molar-refractivity contribution in [3.8, 4) is 11.5 Å². The third-order valence-electron chi connectivity index (χ3n) is 4.47. The molecular formula is C20H22ClN5O2. The molecule has 0 radical (unpaired) electrons. The van der Waals surface area contributed by atoms with E-state index in [-0.39, 0.29) is 0 Å². The van der Waals surface area contributed by atoms with Crippen molar-refractivity contribution < 1.29 is 9.47 Å². The minimum absolute atomic E-state index is 0.373. The molecule has 2 aromatic carbocycles. The molecule has 0 saturated carbocycles. The Hall–Kier alpha value is -3.19. The quantitative estimate of drug-likeness (QED) is 0.546. The van der Waals surface area contributed by atoms with Crippen LogP contribution < -0.4 is 25.8 Å². The van der Waals surface area contributed by atoms with E-state index in [0.717, 1.165) is 11.3 Å². The number of anilines is 5. The molecule has 7 nitrogen and oxygen atoms in total. The van der Waals surface area contributed by atoms with Crippen LogP contribution in [0.15, 0.2) is 36.7 Å². The number of hydrogen-bond donors (Lipinski definition) is 3. The van der Waals surface area contributed by atoms with Crippen LogP contribution in [-0.2, 0) is 0 Å². The second-order valence-corrected chi connectivity index (χ2v) is 6.58. The smallest absolute Gasteiger partial charge is 0.159 e. The van der Waals surface area contributed by atoms with Gasteiger partial charge in [0.05, 0.1) is 24.9 Å². The van der Waals surface area contributed by atoms with Gasteiger partial charge in [-0.3, -0.25) is 0 Å². The van der Waals surface area contributed by atoms with Gasteiger partial charge in [-0.05, 0) is 37.1 Å². The van der Waals surface area contributed by atoms with E-state index in [0.29, 0.717) is 39.5 Å². The SMILES string of the molecule is COc1cc(OC)c(Nc2ncnc(Nc3cccc(C)c3C)c2N)cc1Cl. The van der Waals surface area contributed by atoms with Crippen LogP contribution in [0.3, 0.4) is 0 Å². The molecule has 4 N–H and O–H groups in total. The van der Waals surface area contributed by atoms with Crippen LogP contribution in [0.4, 0.5) is 28.7 Å². The Balaban J connectivity index is 1.94. The highest BCUT2D eigenvalue weighted by molar-refractivity contribution is 6.32. The number of aryl methyl sites for hydroxylation is 1. The zero-order valence-corrected chi connectivity index (χ0v) is 16.9. The molecule has 1 aromatic heterocycles. The lowest BCUT2D eigenvalue weighted by Crippen LogP contribution is -2.06. The summed E-state index contributed by atoms with van der Waals surface area (Å²) < 4.78 is 10.6. The molecule has 3 aromatic rings. The van der Waals surface area contributed by atoms with Crippen LogP contribution in [0, 0.1) is 13.8 Å². The van der Waals surface area contributed by atoms with Crippen LogP contribution >= 0.6 is 11.6 Å². The standard InChI is InChI=1S/C20H22ClN5O2/c1-11-6-5-7-14(12(11)2)25-19-18(22)20(24-10-23-19)26-15-8-13(21)16(27-3)9-17(15)28-4/h5-10H,22H2,1-4H3,(H2,23,24,25,26). The molecule has 146 valence electrons. The van der Waals surface area contributed by atoms with Crippen molar-refractivity contribution in [1.29, 1.82) is 0 Å². The van der Waals surface area contributed by atoms with E-state index >= 15 is 0 Å². The Morgan fingerprint density at radius 3 is 2.21 bits per heavy atom. The molecule has 0 aliphatic rings. The molecule has 8 heteroatoms. The van der Waals surface area contributed by atoms with Crippen molar-refractivity contribution in [2.75, 3.05) is 30.6 Å². The monoisotopic (exact) mass is 399 g/mol. The maximum Gasteiger partial charge on any atom is 0.159 e. The highest BCUT2D eigenvalue weighted by Crippen LogP contribution is 2.38. The molecule has 0 unspecified atom stereocenters. The van der Waals surface area contributed by atoms with Crippen molar-refractivity contribution in [1.82, 2.24) is 9.97 Å². The van der Waals surface area contributed by atoms with Crippen molar-refractivity contribution in [3.05, 3.63) is 52.8 Å². The number of benzene rings is 2. The second-order valence-electron chi connectivity index (χ2n) is 6.17. The summed E-state index contributed by atoms with van der Waals surface area (Å²) in [6, 6.07) is 9.39. The minimum atomic E-state index is 0.373. The van der Waals surface area contributed by atoms with Crippen LogP contribution in [0.25, 0.3) is 0 Å². The van der Waals surface area contributed by atoms with Crippen molar-refractivity contribution in [3.63, 3.8) is 0 Å². The molecule has 0 atom stereocenters. The lowest BCUT2D eigenvalue weighted by atomic mass is 10.1. The Bertz CT molecular complexity index is 1010. The first-order chi connectivity index (χ1) is 13.4. The zero-order valence-electron chi connectivity index (χ0n) is 16.1. The largest absolute Gasteiger partial charge is 0.495 e. The van der Waals surface area contributed by atoms with E-state index in [1.165, 1.54) is 11.9 Å². The first kappa shape index (κ1) is 19.6. The number of nitrogens with one attached hydrogen (secondary N) is 2. The average Bonchev–Trinajstić information content (AvgIpc) is 2.68. The first-order valence-electron chi connectivity index (χ1n) is 8.56. The number of nitrogens with zero attached hydrogens (tertiary/aromatic N) is 2. The second kappa shape index (κ2) is 8.22. The number of rotatable bonds is 6. The van der Waals surface area contributed by atoms with Crippen LogP contribution in [0.1, 0.15) is 11.1 Å². The maximum absolute atomic E-state index is 6.30. The summed E-state index contributed by atoms with van der Waals surface area (Å²) in [7, 11) is 3.10. The minimum Gasteiger partial charge on any atom is -0.495 e. The molecule has 0 aliphatic heterocycles. The van der Waals surface area contributed by atoms with Gasteiger partial charge in [-0.25, -0.2) is 9.97 Å². The normalized spacial score (nSPS) is 10.5. The molecule has 28 heavy (non-hydrogen) atoms. The molecule has 1 heterocycles. The van der Waals surface area contributed by atoms with Gasteiger partial charge in [0, 0.05) is 11.8 Å². The van der Waals surface area contributed by atoms with E-state index in [1.54, 1.807) is 26.4 Å². The van der Waals surface area contributed by atoms with Gasteiger partial charge in [0.1, 0.15) is 23.5 Å². The van der Waals surface area contributed by atoms with E-state index < -0.39 is 0 Å². The average molecular weight is 400 g/mol. The first-order valence-corrected chi connectivity index (χ1v) is 8.94. The van der Waals surface area contributed by atoms with E-state index in [1.807, 2.05) is 19.1 Å². The van der Waals surface area contributed by atoms with E-state index in [9.17, 15) is 0 Å². The number of halogens is 1. The van der Waals surface area contributed by atoms with Gasteiger partial charge in [-0.1, -0.05) is 23.7 Å². The molecule has 0 saturated heterocycles. The van der Waals surface area contributed by atoms with Gasteiger partial charge in [-0.2, -0.15) is 0 Å². The number of hydrogen-bond acceptors (Lipinski definition) is 7. The molecule has 0 amide bonds. The van der Waals surface area contributed by atoms with Crippen molar-refractivity contribution in [2.45, 2.75) is 13.8 Å². The predicted molar refractivity (Wildman–Crippen MR) is 113 cm³/mol. The summed E-state index contributed by atoms with van der Waals surface area (Å²) in [6.07, 6.45) is 1.43. The van der Waals surface area contributed by atoms with Gasteiger partial charge in [0.15, 0.2) is 11.6 Å². The maximum atomic E-state index is 6.30. The number of nitrogen functional groups attached to an aromatic ring is 1. The summed E-state index contributed by atoms with van der Waals surface area (Å²) >= 11 is 6.24. The van der Waals surface area contributed by atoms with E-state index in [4.69, 9.17) is 26.8 Å². The van der Waals surface area contributed by atoms with Crippen molar-refractivity contribution >= 4 is 40.3 Å². The fraction of sp³-hybridized carbons (Fsp3) is 0.200. The van der Waals surface area contributed by atoms with Gasteiger partial charge < -0.3 is 25.8 Å². The summed E-state index contributed by atoms with van der Waals surface area (Å²) in [5, 5.41) is 6.86. The van der Waals surface area contributed by atoms with Crippen LogP contribution in [0.2, 0.25) is 5.02 Å². The van der Waals surface area contributed by atoms with Gasteiger partial charge in [0.2, 0.25) is 0 Å². The van der Waals surface area contributed by atoms with Gasteiger partial charge in [-0.15, -0.1) is 0 Å².